The summed E-state index contributed by atoms with van der Waals surface area (Å²) in [5.41, 5.74) is 3.63. The standard InChI is InChI=1S/C31H36N2O3/c1-6-20-19-33-16-14-22(20)17-28(33)29(25-13-15-32-27-12-11-24(35-5)18-26(25)27)36-30(34)21-7-9-23(10-8-21)31(2,3)4/h6-13,15,18,20,22,28-29H,1,14,16-17,19H2,2-5H3/t20-,22-,28+,29-/m0/s1. The summed E-state index contributed by atoms with van der Waals surface area (Å²) in [6, 6.07) is 15.8. The Balaban J connectivity index is 1.53. The van der Waals surface area contributed by atoms with Gasteiger partial charge in [0.05, 0.1) is 24.2 Å². The van der Waals surface area contributed by atoms with Crippen LogP contribution in [0.15, 0.2) is 67.4 Å². The molecule has 0 spiro atoms. The monoisotopic (exact) mass is 484 g/mol. The Morgan fingerprint density at radius 2 is 1.94 bits per heavy atom. The van der Waals surface area contributed by atoms with Crippen LogP contribution in [0, 0.1) is 11.8 Å². The summed E-state index contributed by atoms with van der Waals surface area (Å²) >= 11 is 0. The number of fused-ring (bicyclic) bond motifs is 4. The van der Waals surface area contributed by atoms with E-state index in [2.05, 4.69) is 43.3 Å². The lowest BCUT2D eigenvalue weighted by Gasteiger charge is -2.51. The molecule has 6 rings (SSSR count). The van der Waals surface area contributed by atoms with Gasteiger partial charge in [0.2, 0.25) is 0 Å². The highest BCUT2D eigenvalue weighted by Gasteiger charge is 2.44. The first-order valence-corrected chi connectivity index (χ1v) is 12.9. The number of ether oxygens (including phenoxy) is 2. The Kier molecular flexibility index (Phi) is 6.60. The van der Waals surface area contributed by atoms with Gasteiger partial charge in [-0.25, -0.2) is 4.79 Å². The lowest BCUT2D eigenvalue weighted by Crippen LogP contribution is -2.55. The van der Waals surface area contributed by atoms with E-state index in [-0.39, 0.29) is 17.4 Å². The molecular weight excluding hydrogens is 448 g/mol. The molecule has 3 aliphatic rings. The van der Waals surface area contributed by atoms with Gasteiger partial charge >= 0.3 is 5.97 Å². The van der Waals surface area contributed by atoms with E-state index < -0.39 is 6.10 Å². The number of aromatic nitrogens is 1. The van der Waals surface area contributed by atoms with E-state index in [1.54, 1.807) is 7.11 Å². The minimum atomic E-state index is -0.411. The zero-order chi connectivity index (χ0) is 25.4. The predicted octanol–water partition coefficient (Wildman–Crippen LogP) is 6.34. The summed E-state index contributed by atoms with van der Waals surface area (Å²) in [6.45, 7) is 12.5. The van der Waals surface area contributed by atoms with Crippen molar-refractivity contribution in [3.8, 4) is 5.75 Å². The van der Waals surface area contributed by atoms with Crippen LogP contribution < -0.4 is 4.74 Å². The van der Waals surface area contributed by atoms with Crippen LogP contribution in [0.25, 0.3) is 10.9 Å². The third-order valence-corrected chi connectivity index (χ3v) is 8.01. The summed E-state index contributed by atoms with van der Waals surface area (Å²) in [7, 11) is 1.66. The molecule has 2 aromatic carbocycles. The van der Waals surface area contributed by atoms with Crippen molar-refractivity contribution in [1.29, 1.82) is 0 Å². The molecule has 4 heterocycles. The molecule has 1 unspecified atom stereocenters. The Labute approximate surface area is 214 Å². The number of pyridine rings is 1. The number of benzene rings is 2. The Morgan fingerprint density at radius 1 is 1.17 bits per heavy atom. The van der Waals surface area contributed by atoms with Crippen LogP contribution in [0.4, 0.5) is 0 Å². The molecule has 3 aliphatic heterocycles. The van der Waals surface area contributed by atoms with E-state index in [0.717, 1.165) is 48.1 Å². The van der Waals surface area contributed by atoms with E-state index in [9.17, 15) is 4.79 Å². The molecule has 1 aromatic heterocycles. The smallest absolute Gasteiger partial charge is 0.338 e. The zero-order valence-corrected chi connectivity index (χ0v) is 21.7. The van der Waals surface area contributed by atoms with Gasteiger partial charge < -0.3 is 9.47 Å². The lowest BCUT2D eigenvalue weighted by atomic mass is 9.73. The molecule has 3 aromatic rings. The zero-order valence-electron chi connectivity index (χ0n) is 21.7. The van der Waals surface area contributed by atoms with Gasteiger partial charge in [-0.05, 0) is 78.6 Å². The summed E-state index contributed by atoms with van der Waals surface area (Å²) in [4.78, 5) is 20.6. The van der Waals surface area contributed by atoms with Crippen molar-refractivity contribution in [3.63, 3.8) is 0 Å². The van der Waals surface area contributed by atoms with Crippen LogP contribution in [-0.2, 0) is 10.2 Å². The molecule has 3 saturated heterocycles. The Hall–Kier alpha value is -3.18. The summed E-state index contributed by atoms with van der Waals surface area (Å²) in [5.74, 6) is 1.52. The fourth-order valence-corrected chi connectivity index (χ4v) is 5.85. The largest absolute Gasteiger partial charge is 0.497 e. The molecule has 3 fully saturated rings. The van der Waals surface area contributed by atoms with E-state index in [1.807, 2.05) is 54.7 Å². The third-order valence-electron chi connectivity index (χ3n) is 8.01. The maximum absolute atomic E-state index is 13.5. The Morgan fingerprint density at radius 3 is 2.58 bits per heavy atom. The van der Waals surface area contributed by atoms with Crippen LogP contribution in [0.5, 0.6) is 5.75 Å². The molecule has 188 valence electrons. The molecule has 5 nitrogen and oxygen atoms in total. The second-order valence-electron chi connectivity index (χ2n) is 11.2. The quantitative estimate of drug-likeness (QED) is 0.302. The molecule has 0 N–H and O–H groups in total. The van der Waals surface area contributed by atoms with Crippen LogP contribution in [0.2, 0.25) is 0 Å². The Bertz CT molecular complexity index is 1260. The number of piperidine rings is 3. The molecule has 5 atom stereocenters. The second-order valence-corrected chi connectivity index (χ2v) is 11.2. The third kappa shape index (κ3) is 4.64. The molecule has 0 amide bonds. The second kappa shape index (κ2) is 9.70. The highest BCUT2D eigenvalue weighted by atomic mass is 16.5. The average molecular weight is 485 g/mol. The first-order chi connectivity index (χ1) is 17.3. The van der Waals surface area contributed by atoms with Crippen LogP contribution in [-0.4, -0.2) is 42.1 Å². The van der Waals surface area contributed by atoms with E-state index in [1.165, 1.54) is 5.56 Å². The van der Waals surface area contributed by atoms with E-state index in [0.29, 0.717) is 17.4 Å². The first kappa shape index (κ1) is 24.5. The normalized spacial score (nSPS) is 24.3. The van der Waals surface area contributed by atoms with Crippen molar-refractivity contribution in [2.45, 2.75) is 51.2 Å². The summed E-state index contributed by atoms with van der Waals surface area (Å²) < 4.78 is 11.9. The number of methoxy groups -OCH3 is 1. The number of nitrogens with zero attached hydrogens (tertiary/aromatic N) is 2. The number of hydrogen-bond donors (Lipinski definition) is 0. The average Bonchev–Trinajstić information content (AvgIpc) is 2.90. The molecular formula is C31H36N2O3. The van der Waals surface area contributed by atoms with Crippen molar-refractivity contribution < 1.29 is 14.3 Å². The predicted molar refractivity (Wildman–Crippen MR) is 143 cm³/mol. The van der Waals surface area contributed by atoms with Gasteiger partial charge in [0.15, 0.2) is 0 Å². The van der Waals surface area contributed by atoms with Gasteiger partial charge in [-0.2, -0.15) is 0 Å². The minimum absolute atomic E-state index is 0.0241. The van der Waals surface area contributed by atoms with Gasteiger partial charge in [0.25, 0.3) is 0 Å². The minimum Gasteiger partial charge on any atom is -0.497 e. The molecule has 36 heavy (non-hydrogen) atoms. The van der Waals surface area contributed by atoms with Crippen LogP contribution in [0.1, 0.15) is 61.2 Å². The fourth-order valence-electron chi connectivity index (χ4n) is 5.85. The highest BCUT2D eigenvalue weighted by Crippen LogP contribution is 2.44. The number of esters is 1. The number of rotatable bonds is 6. The van der Waals surface area contributed by atoms with Gasteiger partial charge in [0.1, 0.15) is 11.9 Å². The number of hydrogen-bond acceptors (Lipinski definition) is 5. The van der Waals surface area contributed by atoms with Gasteiger partial charge in [0, 0.05) is 23.7 Å². The lowest BCUT2D eigenvalue weighted by molar-refractivity contribution is -0.0568. The topological polar surface area (TPSA) is 51.7 Å². The summed E-state index contributed by atoms with van der Waals surface area (Å²) in [5, 5.41) is 0.959. The number of carbonyl (C=O) groups excluding carboxylic acids is 1. The first-order valence-electron chi connectivity index (χ1n) is 12.9. The van der Waals surface area contributed by atoms with Crippen molar-refractivity contribution in [2.24, 2.45) is 11.8 Å². The molecule has 0 saturated carbocycles. The van der Waals surface area contributed by atoms with Crippen molar-refractivity contribution in [1.82, 2.24) is 9.88 Å². The fraction of sp³-hybridized carbons (Fsp3) is 0.419. The van der Waals surface area contributed by atoms with Crippen molar-refractivity contribution in [3.05, 3.63) is 84.1 Å². The van der Waals surface area contributed by atoms with Crippen LogP contribution in [0.3, 0.4) is 0 Å². The van der Waals surface area contributed by atoms with Gasteiger partial charge in [-0.3, -0.25) is 9.88 Å². The van der Waals surface area contributed by atoms with Gasteiger partial charge in [-0.1, -0.05) is 39.0 Å². The van der Waals surface area contributed by atoms with E-state index in [4.69, 9.17) is 9.47 Å². The van der Waals surface area contributed by atoms with Crippen molar-refractivity contribution >= 4 is 16.9 Å². The number of carbonyl (C=O) groups is 1. The molecule has 2 bridgehead atoms. The molecule has 0 aliphatic carbocycles. The molecule has 5 heteroatoms. The van der Waals surface area contributed by atoms with E-state index >= 15 is 0 Å². The van der Waals surface area contributed by atoms with Crippen molar-refractivity contribution in [2.75, 3.05) is 20.2 Å². The summed E-state index contributed by atoms with van der Waals surface area (Å²) in [6.07, 6.45) is 5.63. The SMILES string of the molecule is C=C[C@H]1CN2CC[C@H]1C[C@@H]2[C@@H](OC(=O)c1ccc(C(C)(C)C)cc1)c1ccnc2ccc(OC)cc12. The maximum Gasteiger partial charge on any atom is 0.338 e. The van der Waals surface area contributed by atoms with Crippen LogP contribution >= 0.6 is 0 Å². The highest BCUT2D eigenvalue weighted by molar-refractivity contribution is 5.90. The molecule has 0 radical (unpaired) electrons. The maximum atomic E-state index is 13.5. The van der Waals surface area contributed by atoms with Gasteiger partial charge in [-0.15, -0.1) is 6.58 Å².